The standard InChI is InChI=1S/C10H9F3O3/c1-5-3-8(14)6(9(15)16-2)4-7(5)10(11,12)13/h3-4,14H,1-2H3. The number of aromatic hydroxyl groups is 1. The van der Waals surface area contributed by atoms with Crippen LogP contribution in [0.5, 0.6) is 5.75 Å². The summed E-state index contributed by atoms with van der Waals surface area (Å²) >= 11 is 0. The Morgan fingerprint density at radius 2 is 1.94 bits per heavy atom. The molecular weight excluding hydrogens is 225 g/mol. The molecule has 0 spiro atoms. The van der Waals surface area contributed by atoms with Gasteiger partial charge in [-0.2, -0.15) is 13.2 Å². The van der Waals surface area contributed by atoms with Gasteiger partial charge in [-0.05, 0) is 24.6 Å². The fourth-order valence-electron chi connectivity index (χ4n) is 1.27. The van der Waals surface area contributed by atoms with Crippen molar-refractivity contribution in [2.24, 2.45) is 0 Å². The molecule has 3 nitrogen and oxygen atoms in total. The summed E-state index contributed by atoms with van der Waals surface area (Å²) in [6.45, 7) is 1.20. The van der Waals surface area contributed by atoms with Gasteiger partial charge in [0.15, 0.2) is 0 Å². The number of hydrogen-bond acceptors (Lipinski definition) is 3. The zero-order valence-electron chi connectivity index (χ0n) is 8.55. The monoisotopic (exact) mass is 234 g/mol. The molecule has 1 rings (SSSR count). The second kappa shape index (κ2) is 4.03. The van der Waals surface area contributed by atoms with Gasteiger partial charge in [0.2, 0.25) is 0 Å². The number of alkyl halides is 3. The molecule has 0 amide bonds. The van der Waals surface area contributed by atoms with Gasteiger partial charge in [-0.25, -0.2) is 4.79 Å². The van der Waals surface area contributed by atoms with Crippen LogP contribution in [-0.2, 0) is 10.9 Å². The van der Waals surface area contributed by atoms with Crippen LogP contribution in [0.1, 0.15) is 21.5 Å². The van der Waals surface area contributed by atoms with E-state index in [0.29, 0.717) is 6.07 Å². The number of hydrogen-bond donors (Lipinski definition) is 1. The van der Waals surface area contributed by atoms with Gasteiger partial charge in [0.05, 0.1) is 12.7 Å². The summed E-state index contributed by atoms with van der Waals surface area (Å²) in [6, 6.07) is 1.46. The molecule has 0 unspecified atom stereocenters. The minimum absolute atomic E-state index is 0.155. The maximum Gasteiger partial charge on any atom is 0.416 e. The Balaban J connectivity index is 3.39. The second-order valence-electron chi connectivity index (χ2n) is 3.17. The number of ether oxygens (including phenoxy) is 1. The number of phenolic OH excluding ortho intramolecular Hbond substituents is 1. The first-order valence-electron chi connectivity index (χ1n) is 4.26. The Kier molecular flexibility index (Phi) is 3.11. The summed E-state index contributed by atoms with van der Waals surface area (Å²) in [7, 11) is 1.02. The van der Waals surface area contributed by atoms with E-state index in [0.717, 1.165) is 13.2 Å². The largest absolute Gasteiger partial charge is 0.507 e. The number of carbonyl (C=O) groups is 1. The zero-order valence-corrected chi connectivity index (χ0v) is 8.55. The zero-order chi connectivity index (χ0) is 12.5. The molecule has 1 aromatic carbocycles. The number of esters is 1. The molecule has 0 saturated carbocycles. The quantitative estimate of drug-likeness (QED) is 0.759. The van der Waals surface area contributed by atoms with E-state index in [2.05, 4.69) is 4.74 Å². The van der Waals surface area contributed by atoms with E-state index < -0.39 is 29.0 Å². The van der Waals surface area contributed by atoms with Crippen molar-refractivity contribution in [1.82, 2.24) is 0 Å². The van der Waals surface area contributed by atoms with Crippen LogP contribution in [0, 0.1) is 6.92 Å². The van der Waals surface area contributed by atoms with Crippen molar-refractivity contribution in [3.8, 4) is 5.75 Å². The lowest BCUT2D eigenvalue weighted by molar-refractivity contribution is -0.138. The van der Waals surface area contributed by atoms with Crippen molar-refractivity contribution in [3.63, 3.8) is 0 Å². The Labute approximate surface area is 89.5 Å². The number of aryl methyl sites for hydroxylation is 1. The number of phenols is 1. The molecule has 0 heterocycles. The van der Waals surface area contributed by atoms with E-state index in [1.807, 2.05) is 0 Å². The van der Waals surface area contributed by atoms with E-state index >= 15 is 0 Å². The summed E-state index contributed by atoms with van der Waals surface area (Å²) < 4.78 is 41.7. The third-order valence-electron chi connectivity index (χ3n) is 2.05. The van der Waals surface area contributed by atoms with Crippen LogP contribution >= 0.6 is 0 Å². The van der Waals surface area contributed by atoms with Crippen LogP contribution in [0.4, 0.5) is 13.2 Å². The molecule has 16 heavy (non-hydrogen) atoms. The lowest BCUT2D eigenvalue weighted by Gasteiger charge is -2.12. The Morgan fingerprint density at radius 1 is 1.38 bits per heavy atom. The van der Waals surface area contributed by atoms with E-state index in [4.69, 9.17) is 0 Å². The number of benzene rings is 1. The number of carbonyl (C=O) groups excluding carboxylic acids is 1. The third kappa shape index (κ3) is 2.26. The van der Waals surface area contributed by atoms with Crippen molar-refractivity contribution >= 4 is 5.97 Å². The first-order valence-corrected chi connectivity index (χ1v) is 4.26. The predicted octanol–water partition coefficient (Wildman–Crippen LogP) is 2.51. The summed E-state index contributed by atoms with van der Waals surface area (Å²) in [5.41, 5.74) is -1.62. The molecule has 0 radical (unpaired) electrons. The Hall–Kier alpha value is -1.72. The van der Waals surface area contributed by atoms with E-state index in [-0.39, 0.29) is 5.56 Å². The van der Waals surface area contributed by atoms with Gasteiger partial charge in [-0.1, -0.05) is 0 Å². The fourth-order valence-corrected chi connectivity index (χ4v) is 1.27. The molecule has 88 valence electrons. The Morgan fingerprint density at radius 3 is 2.38 bits per heavy atom. The first-order chi connectivity index (χ1) is 7.27. The number of rotatable bonds is 1. The minimum atomic E-state index is -4.57. The van der Waals surface area contributed by atoms with E-state index in [1.165, 1.54) is 6.92 Å². The summed E-state index contributed by atoms with van der Waals surface area (Å²) in [6.07, 6.45) is -4.57. The highest BCUT2D eigenvalue weighted by molar-refractivity contribution is 5.92. The maximum atomic E-state index is 12.5. The highest BCUT2D eigenvalue weighted by atomic mass is 19.4. The maximum absolute atomic E-state index is 12.5. The molecular formula is C10H9F3O3. The first kappa shape index (κ1) is 12.4. The van der Waals surface area contributed by atoms with Crippen molar-refractivity contribution in [3.05, 3.63) is 28.8 Å². The van der Waals surface area contributed by atoms with Crippen LogP contribution in [-0.4, -0.2) is 18.2 Å². The van der Waals surface area contributed by atoms with E-state index in [1.54, 1.807) is 0 Å². The van der Waals surface area contributed by atoms with Gasteiger partial charge in [-0.3, -0.25) is 0 Å². The highest BCUT2D eigenvalue weighted by Gasteiger charge is 2.34. The van der Waals surface area contributed by atoms with Gasteiger partial charge in [-0.15, -0.1) is 0 Å². The topological polar surface area (TPSA) is 46.5 Å². The smallest absolute Gasteiger partial charge is 0.416 e. The average Bonchev–Trinajstić information content (AvgIpc) is 2.14. The van der Waals surface area contributed by atoms with Crippen molar-refractivity contribution in [1.29, 1.82) is 0 Å². The highest BCUT2D eigenvalue weighted by Crippen LogP contribution is 2.35. The number of halogens is 3. The van der Waals surface area contributed by atoms with Crippen LogP contribution in [0.15, 0.2) is 12.1 Å². The van der Waals surface area contributed by atoms with Crippen molar-refractivity contribution < 1.29 is 27.8 Å². The summed E-state index contributed by atoms with van der Waals surface area (Å²) in [4.78, 5) is 11.1. The Bertz CT molecular complexity index is 424. The van der Waals surface area contributed by atoms with Gasteiger partial charge in [0.25, 0.3) is 0 Å². The predicted molar refractivity (Wildman–Crippen MR) is 49.2 cm³/mol. The van der Waals surface area contributed by atoms with Gasteiger partial charge in [0.1, 0.15) is 11.3 Å². The molecule has 1 N–H and O–H groups in total. The molecule has 0 fully saturated rings. The SMILES string of the molecule is COC(=O)c1cc(C(F)(F)F)c(C)cc1O. The summed E-state index contributed by atoms with van der Waals surface area (Å²) in [5.74, 6) is -1.54. The molecule has 0 aliphatic carbocycles. The average molecular weight is 234 g/mol. The lowest BCUT2D eigenvalue weighted by atomic mass is 10.0. The van der Waals surface area contributed by atoms with Crippen molar-refractivity contribution in [2.75, 3.05) is 7.11 Å². The molecule has 0 aliphatic heterocycles. The molecule has 6 heteroatoms. The van der Waals surface area contributed by atoms with Crippen LogP contribution in [0.2, 0.25) is 0 Å². The molecule has 0 aliphatic rings. The van der Waals surface area contributed by atoms with Crippen LogP contribution in [0.25, 0.3) is 0 Å². The van der Waals surface area contributed by atoms with Gasteiger partial charge >= 0.3 is 12.1 Å². The lowest BCUT2D eigenvalue weighted by Crippen LogP contribution is -2.11. The fraction of sp³-hybridized carbons (Fsp3) is 0.300. The molecule has 0 aromatic heterocycles. The van der Waals surface area contributed by atoms with Crippen LogP contribution < -0.4 is 0 Å². The second-order valence-corrected chi connectivity index (χ2v) is 3.17. The molecule has 0 saturated heterocycles. The van der Waals surface area contributed by atoms with Gasteiger partial charge < -0.3 is 9.84 Å². The third-order valence-corrected chi connectivity index (χ3v) is 2.05. The van der Waals surface area contributed by atoms with E-state index in [9.17, 15) is 23.1 Å². The van der Waals surface area contributed by atoms with Gasteiger partial charge in [0, 0.05) is 0 Å². The molecule has 1 aromatic rings. The van der Waals surface area contributed by atoms with Crippen molar-refractivity contribution in [2.45, 2.75) is 13.1 Å². The molecule has 0 bridgehead atoms. The summed E-state index contributed by atoms with van der Waals surface area (Å²) in [5, 5.41) is 9.31. The normalized spacial score (nSPS) is 11.3. The minimum Gasteiger partial charge on any atom is -0.507 e. The molecule has 0 atom stereocenters. The number of methoxy groups -OCH3 is 1. The van der Waals surface area contributed by atoms with Crippen LogP contribution in [0.3, 0.4) is 0 Å².